The number of rotatable bonds is 4. The van der Waals surface area contributed by atoms with Crippen LogP contribution in [-0.2, 0) is 17.6 Å². The van der Waals surface area contributed by atoms with Crippen LogP contribution in [0.25, 0.3) is 0 Å². The zero-order valence-electron chi connectivity index (χ0n) is 10.5. The maximum absolute atomic E-state index is 5.54. The average molecular weight is 236 g/mol. The molecule has 1 unspecified atom stereocenters. The van der Waals surface area contributed by atoms with Gasteiger partial charge in [-0.25, -0.2) is 15.8 Å². The number of aromatic nitrogens is 2. The summed E-state index contributed by atoms with van der Waals surface area (Å²) in [6, 6.07) is 0. The molecule has 1 aliphatic rings. The third-order valence-corrected chi connectivity index (χ3v) is 3.12. The van der Waals surface area contributed by atoms with Crippen LogP contribution in [0.3, 0.4) is 0 Å². The first kappa shape index (κ1) is 12.3. The predicted octanol–water partition coefficient (Wildman–Crippen LogP) is 1.74. The molecule has 1 aliphatic carbocycles. The molecule has 0 spiro atoms. The molecule has 0 aromatic carbocycles. The van der Waals surface area contributed by atoms with Crippen molar-refractivity contribution in [1.29, 1.82) is 0 Å². The molecule has 2 rings (SSSR count). The number of aryl methyl sites for hydroxylation is 1. The number of nitrogen functional groups attached to an aromatic ring is 1. The number of fused-ring (bicyclic) bond motifs is 1. The van der Waals surface area contributed by atoms with E-state index in [-0.39, 0.29) is 6.10 Å². The number of nitrogens with zero attached hydrogens (tertiary/aromatic N) is 2. The zero-order valence-corrected chi connectivity index (χ0v) is 10.5. The standard InChI is InChI=1S/C12H20N4O/c1-3-17-8(2)11-14-10-7-5-4-6-9(10)12(15-11)16-13/h8H,3-7,13H2,1-2H3,(H,14,15,16). The quantitative estimate of drug-likeness (QED) is 0.615. The third-order valence-electron chi connectivity index (χ3n) is 3.12. The monoisotopic (exact) mass is 236 g/mol. The van der Waals surface area contributed by atoms with Gasteiger partial charge < -0.3 is 10.2 Å². The van der Waals surface area contributed by atoms with Crippen LogP contribution in [0.1, 0.15) is 49.9 Å². The van der Waals surface area contributed by atoms with Crippen LogP contribution in [0, 0.1) is 0 Å². The van der Waals surface area contributed by atoms with Gasteiger partial charge in [0, 0.05) is 17.9 Å². The Morgan fingerprint density at radius 3 is 2.82 bits per heavy atom. The highest BCUT2D eigenvalue weighted by Crippen LogP contribution is 2.26. The predicted molar refractivity (Wildman–Crippen MR) is 66.5 cm³/mol. The van der Waals surface area contributed by atoms with Gasteiger partial charge in [0.2, 0.25) is 0 Å². The second kappa shape index (κ2) is 5.42. The number of nitrogens with two attached hydrogens (primary N) is 1. The maximum atomic E-state index is 5.54. The first-order chi connectivity index (χ1) is 8.26. The van der Waals surface area contributed by atoms with E-state index >= 15 is 0 Å². The SMILES string of the molecule is CCOC(C)c1nc2c(c(NN)n1)CCCC2. The highest BCUT2D eigenvalue weighted by Gasteiger charge is 2.19. The van der Waals surface area contributed by atoms with Crippen molar-refractivity contribution in [2.75, 3.05) is 12.0 Å². The van der Waals surface area contributed by atoms with Gasteiger partial charge in [0.05, 0.1) is 0 Å². The molecule has 0 fully saturated rings. The summed E-state index contributed by atoms with van der Waals surface area (Å²) in [4.78, 5) is 9.06. The molecule has 1 heterocycles. The van der Waals surface area contributed by atoms with E-state index in [2.05, 4.69) is 15.4 Å². The highest BCUT2D eigenvalue weighted by atomic mass is 16.5. The maximum Gasteiger partial charge on any atom is 0.159 e. The molecule has 5 heteroatoms. The molecule has 1 aromatic heterocycles. The smallest absolute Gasteiger partial charge is 0.159 e. The summed E-state index contributed by atoms with van der Waals surface area (Å²) in [6.45, 7) is 4.60. The molecular weight excluding hydrogens is 216 g/mol. The van der Waals surface area contributed by atoms with E-state index in [4.69, 9.17) is 10.6 Å². The van der Waals surface area contributed by atoms with Crippen molar-refractivity contribution in [3.63, 3.8) is 0 Å². The van der Waals surface area contributed by atoms with Crippen molar-refractivity contribution in [1.82, 2.24) is 9.97 Å². The van der Waals surface area contributed by atoms with Gasteiger partial charge >= 0.3 is 0 Å². The Bertz CT molecular complexity index is 377. The molecule has 0 radical (unpaired) electrons. The highest BCUT2D eigenvalue weighted by molar-refractivity contribution is 5.47. The van der Waals surface area contributed by atoms with E-state index in [1.807, 2.05) is 13.8 Å². The summed E-state index contributed by atoms with van der Waals surface area (Å²) in [5.41, 5.74) is 4.98. The van der Waals surface area contributed by atoms with Crippen molar-refractivity contribution in [3.05, 3.63) is 17.1 Å². The van der Waals surface area contributed by atoms with Crippen LogP contribution in [0.15, 0.2) is 0 Å². The van der Waals surface area contributed by atoms with Gasteiger partial charge in [-0.15, -0.1) is 0 Å². The summed E-state index contributed by atoms with van der Waals surface area (Å²) in [6.07, 6.45) is 4.32. The van der Waals surface area contributed by atoms with E-state index in [0.717, 1.165) is 30.2 Å². The number of ether oxygens (including phenoxy) is 1. The van der Waals surface area contributed by atoms with Crippen LogP contribution in [-0.4, -0.2) is 16.6 Å². The molecule has 0 amide bonds. The van der Waals surface area contributed by atoms with Gasteiger partial charge in [0.15, 0.2) is 5.82 Å². The molecule has 5 nitrogen and oxygen atoms in total. The van der Waals surface area contributed by atoms with Crippen LogP contribution in [0.4, 0.5) is 5.82 Å². The van der Waals surface area contributed by atoms with Crippen molar-refractivity contribution >= 4 is 5.82 Å². The second-order valence-corrected chi connectivity index (χ2v) is 4.30. The summed E-state index contributed by atoms with van der Waals surface area (Å²) >= 11 is 0. The minimum Gasteiger partial charge on any atom is -0.371 e. The van der Waals surface area contributed by atoms with E-state index in [1.54, 1.807) is 0 Å². The van der Waals surface area contributed by atoms with E-state index < -0.39 is 0 Å². The van der Waals surface area contributed by atoms with Gasteiger partial charge in [0.1, 0.15) is 11.9 Å². The molecule has 0 saturated carbocycles. The fourth-order valence-corrected chi connectivity index (χ4v) is 2.24. The average Bonchev–Trinajstić information content (AvgIpc) is 2.37. The lowest BCUT2D eigenvalue weighted by Crippen LogP contribution is -2.19. The van der Waals surface area contributed by atoms with Gasteiger partial charge in [-0.05, 0) is 39.5 Å². The zero-order chi connectivity index (χ0) is 12.3. The van der Waals surface area contributed by atoms with Crippen LogP contribution < -0.4 is 11.3 Å². The Morgan fingerprint density at radius 1 is 1.35 bits per heavy atom. The fourth-order valence-electron chi connectivity index (χ4n) is 2.24. The molecule has 1 atom stereocenters. The van der Waals surface area contributed by atoms with Gasteiger partial charge in [-0.3, -0.25) is 0 Å². The van der Waals surface area contributed by atoms with Crippen LogP contribution >= 0.6 is 0 Å². The van der Waals surface area contributed by atoms with Crippen molar-refractivity contribution < 1.29 is 4.74 Å². The van der Waals surface area contributed by atoms with Gasteiger partial charge in [-0.2, -0.15) is 0 Å². The molecule has 1 aromatic rings. The van der Waals surface area contributed by atoms with Crippen molar-refractivity contribution in [2.45, 2.75) is 45.6 Å². The number of hydrogen-bond acceptors (Lipinski definition) is 5. The largest absolute Gasteiger partial charge is 0.371 e. The Hall–Kier alpha value is -1.20. The van der Waals surface area contributed by atoms with E-state index in [0.29, 0.717) is 6.61 Å². The second-order valence-electron chi connectivity index (χ2n) is 4.30. The lowest BCUT2D eigenvalue weighted by molar-refractivity contribution is 0.0699. The summed E-state index contributed by atoms with van der Waals surface area (Å²) in [5, 5.41) is 0. The Kier molecular flexibility index (Phi) is 3.91. The molecule has 3 N–H and O–H groups in total. The number of hydrogen-bond donors (Lipinski definition) is 2. The number of hydrazine groups is 1. The topological polar surface area (TPSA) is 73.1 Å². The molecule has 0 bridgehead atoms. The van der Waals surface area contributed by atoms with E-state index in [1.165, 1.54) is 18.4 Å². The summed E-state index contributed by atoms with van der Waals surface area (Å²) in [5.74, 6) is 7.02. The summed E-state index contributed by atoms with van der Waals surface area (Å²) in [7, 11) is 0. The first-order valence-electron chi connectivity index (χ1n) is 6.24. The van der Waals surface area contributed by atoms with Crippen LogP contribution in [0.5, 0.6) is 0 Å². The number of anilines is 1. The fraction of sp³-hybridized carbons (Fsp3) is 0.667. The lowest BCUT2D eigenvalue weighted by Gasteiger charge is -2.20. The summed E-state index contributed by atoms with van der Waals surface area (Å²) < 4.78 is 5.52. The van der Waals surface area contributed by atoms with E-state index in [9.17, 15) is 0 Å². The molecule has 17 heavy (non-hydrogen) atoms. The van der Waals surface area contributed by atoms with Crippen molar-refractivity contribution in [2.24, 2.45) is 5.84 Å². The molecule has 0 aliphatic heterocycles. The minimum absolute atomic E-state index is 0.0840. The normalized spacial score (nSPS) is 16.4. The Balaban J connectivity index is 2.35. The lowest BCUT2D eigenvalue weighted by atomic mass is 9.96. The molecular formula is C12H20N4O. The minimum atomic E-state index is -0.0840. The Labute approximate surface area is 102 Å². The first-order valence-corrected chi connectivity index (χ1v) is 6.24. The third kappa shape index (κ3) is 2.56. The van der Waals surface area contributed by atoms with Crippen LogP contribution in [0.2, 0.25) is 0 Å². The number of nitrogens with one attached hydrogen (secondary N) is 1. The van der Waals surface area contributed by atoms with Gasteiger partial charge in [-0.1, -0.05) is 0 Å². The van der Waals surface area contributed by atoms with Gasteiger partial charge in [0.25, 0.3) is 0 Å². The van der Waals surface area contributed by atoms with Crippen molar-refractivity contribution in [3.8, 4) is 0 Å². The molecule has 94 valence electrons. The molecule has 0 saturated heterocycles. The Morgan fingerprint density at radius 2 is 2.12 bits per heavy atom.